The number of carboxylic acid groups (broad SMARTS) is 2. The fourth-order valence-corrected chi connectivity index (χ4v) is 4.63. The number of carboxylic acids is 2. The Labute approximate surface area is 255 Å². The summed E-state index contributed by atoms with van der Waals surface area (Å²) in [5.74, 6) is -7.62. The normalized spacial score (nSPS) is 18.9. The third-order valence-corrected chi connectivity index (χ3v) is 7.00. The molecule has 0 aromatic heterocycles. The van der Waals surface area contributed by atoms with Crippen LogP contribution in [-0.2, 0) is 33.6 Å². The molecule has 44 heavy (non-hydrogen) atoms. The molecule has 0 unspecified atom stereocenters. The molecule has 0 saturated carbocycles. The van der Waals surface area contributed by atoms with Gasteiger partial charge in [-0.25, -0.2) is 4.79 Å². The van der Waals surface area contributed by atoms with E-state index in [9.17, 15) is 54.0 Å². The Morgan fingerprint density at radius 2 is 1.41 bits per heavy atom. The van der Waals surface area contributed by atoms with Gasteiger partial charge in [0, 0.05) is 6.54 Å². The van der Waals surface area contributed by atoms with Gasteiger partial charge in [0.2, 0.25) is 29.5 Å². The molecule has 0 radical (unpaired) electrons. The Kier molecular flexibility index (Phi) is 15.2. The molecule has 10 N–H and O–H groups in total. The van der Waals surface area contributed by atoms with Gasteiger partial charge in [-0.05, 0) is 38.0 Å². The van der Waals surface area contributed by atoms with Crippen LogP contribution < -0.4 is 27.0 Å². The number of hydrogen-bond acceptors (Lipinski definition) is 10. The number of amides is 5. The maximum Gasteiger partial charge on any atom is 0.328 e. The Bertz CT molecular complexity index is 1070. The highest BCUT2D eigenvalue weighted by Crippen LogP contribution is 2.21. The van der Waals surface area contributed by atoms with Crippen molar-refractivity contribution in [2.45, 2.75) is 103 Å². The summed E-state index contributed by atoms with van der Waals surface area (Å²) in [7, 11) is 0. The van der Waals surface area contributed by atoms with Crippen molar-refractivity contribution >= 4 is 41.5 Å². The highest BCUT2D eigenvalue weighted by molar-refractivity contribution is 5.97. The number of carbonyl (C=O) groups is 7. The number of likely N-dealkylation sites (tertiary alicyclic amines) is 1. The molecule has 17 heteroatoms. The monoisotopic (exact) mass is 630 g/mol. The third-order valence-electron chi connectivity index (χ3n) is 7.00. The minimum Gasteiger partial charge on any atom is -0.481 e. The van der Waals surface area contributed by atoms with E-state index in [-0.39, 0.29) is 25.3 Å². The van der Waals surface area contributed by atoms with Crippen molar-refractivity contribution in [2.75, 3.05) is 13.2 Å². The number of nitrogens with two attached hydrogens (primary N) is 1. The summed E-state index contributed by atoms with van der Waals surface area (Å²) in [4.78, 5) is 88.8. The summed E-state index contributed by atoms with van der Waals surface area (Å²) >= 11 is 0. The maximum atomic E-state index is 13.6. The van der Waals surface area contributed by atoms with Gasteiger partial charge in [0.05, 0.1) is 25.2 Å². The molecule has 1 rings (SSSR count). The molecular formula is C27H46N6O11. The second kappa shape index (κ2) is 17.5. The first kappa shape index (κ1) is 38.2. The molecular weight excluding hydrogens is 584 g/mol. The topological polar surface area (TPSA) is 278 Å². The summed E-state index contributed by atoms with van der Waals surface area (Å²) in [6, 6.07) is -8.16. The van der Waals surface area contributed by atoms with Gasteiger partial charge in [0.1, 0.15) is 24.2 Å². The van der Waals surface area contributed by atoms with Crippen LogP contribution in [0.2, 0.25) is 0 Å². The number of hydrogen-bond donors (Lipinski definition) is 9. The highest BCUT2D eigenvalue weighted by Gasteiger charge is 2.41. The maximum absolute atomic E-state index is 13.6. The van der Waals surface area contributed by atoms with Crippen molar-refractivity contribution in [3.05, 3.63) is 0 Å². The predicted octanol–water partition coefficient (Wildman–Crippen LogP) is -3.12. The van der Waals surface area contributed by atoms with Crippen molar-refractivity contribution in [1.82, 2.24) is 26.2 Å². The minimum atomic E-state index is -1.70. The standard InChI is InChI=1S/C27H46N6O11/c1-12(2)9-15(28)22(38)29-16(10-19(36)37)23(39)31-20(13(3)4)26(42)33-8-6-7-18(33)25(41)30-17(11-34)24(40)32-21(14(5)35)27(43)44/h12-18,20-21,34-35H,6-11,28H2,1-5H3,(H,29,38)(H,30,41)(H,31,39)(H,32,40)(H,36,37)(H,43,44)/t14-,15+,16+,17+,18+,20+,21+/m1/s1. The molecule has 1 saturated heterocycles. The van der Waals surface area contributed by atoms with E-state index in [4.69, 9.17) is 5.73 Å². The van der Waals surface area contributed by atoms with Crippen LogP contribution in [-0.4, -0.2) is 122 Å². The number of aliphatic hydroxyl groups excluding tert-OH is 2. The highest BCUT2D eigenvalue weighted by atomic mass is 16.4. The van der Waals surface area contributed by atoms with E-state index in [0.717, 1.165) is 6.92 Å². The lowest BCUT2D eigenvalue weighted by Gasteiger charge is -2.32. The van der Waals surface area contributed by atoms with Crippen molar-refractivity contribution < 1.29 is 54.0 Å². The zero-order valence-corrected chi connectivity index (χ0v) is 25.6. The van der Waals surface area contributed by atoms with Gasteiger partial charge in [-0.15, -0.1) is 0 Å². The molecule has 1 aliphatic rings. The predicted molar refractivity (Wildman–Crippen MR) is 153 cm³/mol. The quantitative estimate of drug-likeness (QED) is 0.0772. The van der Waals surface area contributed by atoms with E-state index >= 15 is 0 Å². The fourth-order valence-electron chi connectivity index (χ4n) is 4.63. The number of carbonyl (C=O) groups excluding carboxylic acids is 5. The molecule has 7 atom stereocenters. The van der Waals surface area contributed by atoms with Gasteiger partial charge >= 0.3 is 11.9 Å². The summed E-state index contributed by atoms with van der Waals surface area (Å²) in [6.45, 7) is 7.24. The Morgan fingerprint density at radius 1 is 0.841 bits per heavy atom. The molecule has 5 amide bonds. The van der Waals surface area contributed by atoms with E-state index in [0.29, 0.717) is 6.42 Å². The van der Waals surface area contributed by atoms with Gasteiger partial charge in [0.15, 0.2) is 6.04 Å². The summed E-state index contributed by atoms with van der Waals surface area (Å²) < 4.78 is 0. The molecule has 0 bridgehead atoms. The van der Waals surface area contributed by atoms with Crippen molar-refractivity contribution in [3.8, 4) is 0 Å². The van der Waals surface area contributed by atoms with Crippen LogP contribution in [0.25, 0.3) is 0 Å². The number of nitrogens with one attached hydrogen (secondary N) is 4. The van der Waals surface area contributed by atoms with Gasteiger partial charge in [-0.3, -0.25) is 28.8 Å². The Hall–Kier alpha value is -3.83. The molecule has 0 aliphatic carbocycles. The summed E-state index contributed by atoms with van der Waals surface area (Å²) in [6.07, 6.45) is -1.40. The Morgan fingerprint density at radius 3 is 1.89 bits per heavy atom. The van der Waals surface area contributed by atoms with Crippen LogP contribution in [0.5, 0.6) is 0 Å². The minimum absolute atomic E-state index is 0.0592. The average Bonchev–Trinajstić information content (AvgIpc) is 3.41. The molecule has 17 nitrogen and oxygen atoms in total. The van der Waals surface area contributed by atoms with E-state index in [2.05, 4.69) is 16.0 Å². The summed E-state index contributed by atoms with van der Waals surface area (Å²) in [5, 5.41) is 46.9. The van der Waals surface area contributed by atoms with Crippen LogP contribution in [0.4, 0.5) is 0 Å². The molecule has 0 aromatic rings. The molecule has 0 spiro atoms. The first-order chi connectivity index (χ1) is 20.4. The molecule has 1 fully saturated rings. The largest absolute Gasteiger partial charge is 0.481 e. The molecule has 1 heterocycles. The molecule has 250 valence electrons. The van der Waals surface area contributed by atoms with Gasteiger partial charge in [-0.1, -0.05) is 27.7 Å². The first-order valence-electron chi connectivity index (χ1n) is 14.4. The third kappa shape index (κ3) is 11.3. The number of nitrogens with zero attached hydrogens (tertiary/aromatic N) is 1. The van der Waals surface area contributed by atoms with E-state index in [1.165, 1.54) is 4.90 Å². The lowest BCUT2D eigenvalue weighted by molar-refractivity contribution is -0.146. The second-order valence-corrected chi connectivity index (χ2v) is 11.6. The summed E-state index contributed by atoms with van der Waals surface area (Å²) in [5.41, 5.74) is 5.87. The van der Waals surface area contributed by atoms with E-state index < -0.39 is 103 Å². The zero-order chi connectivity index (χ0) is 33.9. The molecule has 0 aromatic carbocycles. The number of rotatable bonds is 17. The smallest absolute Gasteiger partial charge is 0.328 e. The first-order valence-corrected chi connectivity index (χ1v) is 14.4. The van der Waals surface area contributed by atoms with Crippen molar-refractivity contribution in [2.24, 2.45) is 17.6 Å². The van der Waals surface area contributed by atoms with Gasteiger partial charge < -0.3 is 52.3 Å². The van der Waals surface area contributed by atoms with Gasteiger partial charge in [-0.2, -0.15) is 0 Å². The van der Waals surface area contributed by atoms with Crippen LogP contribution in [0, 0.1) is 11.8 Å². The van der Waals surface area contributed by atoms with E-state index in [1.807, 2.05) is 19.2 Å². The van der Waals surface area contributed by atoms with Crippen LogP contribution in [0.15, 0.2) is 0 Å². The van der Waals surface area contributed by atoms with Crippen LogP contribution in [0.3, 0.4) is 0 Å². The van der Waals surface area contributed by atoms with Crippen molar-refractivity contribution in [3.63, 3.8) is 0 Å². The Balaban J connectivity index is 3.07. The number of aliphatic hydroxyl groups is 2. The average molecular weight is 631 g/mol. The van der Waals surface area contributed by atoms with Crippen molar-refractivity contribution in [1.29, 1.82) is 0 Å². The number of aliphatic carboxylic acids is 2. The van der Waals surface area contributed by atoms with Crippen LogP contribution in [0.1, 0.15) is 60.3 Å². The molecule has 1 aliphatic heterocycles. The lowest BCUT2D eigenvalue weighted by Crippen LogP contribution is -2.61. The van der Waals surface area contributed by atoms with Crippen LogP contribution >= 0.6 is 0 Å². The second-order valence-electron chi connectivity index (χ2n) is 11.6. The van der Waals surface area contributed by atoms with Gasteiger partial charge in [0.25, 0.3) is 0 Å². The SMILES string of the molecule is CC(C)C[C@H](N)C(=O)N[C@@H](CC(=O)O)C(=O)N[C@H](C(=O)N1CCC[C@H]1C(=O)N[C@@H](CO)C(=O)N[C@H](C(=O)O)[C@@H](C)O)C(C)C. The van der Waals surface area contributed by atoms with E-state index in [1.54, 1.807) is 13.8 Å². The zero-order valence-electron chi connectivity index (χ0n) is 25.6. The lowest BCUT2D eigenvalue weighted by atomic mass is 10.0. The fraction of sp³-hybridized carbons (Fsp3) is 0.741.